The van der Waals surface area contributed by atoms with Crippen LogP contribution in [0.2, 0.25) is 5.02 Å². The van der Waals surface area contributed by atoms with Gasteiger partial charge >= 0.3 is 5.97 Å². The first-order chi connectivity index (χ1) is 11.8. The van der Waals surface area contributed by atoms with E-state index in [1.165, 1.54) is 9.96 Å². The summed E-state index contributed by atoms with van der Waals surface area (Å²) < 4.78 is 1.51. The maximum atomic E-state index is 11.4. The molecule has 128 valence electrons. The van der Waals surface area contributed by atoms with Gasteiger partial charge in [-0.1, -0.05) is 44.5 Å². The van der Waals surface area contributed by atoms with Crippen LogP contribution in [-0.4, -0.2) is 20.5 Å². The summed E-state index contributed by atoms with van der Waals surface area (Å²) in [6, 6.07) is 10.9. The first kappa shape index (κ1) is 17.1. The Morgan fingerprint density at radius 2 is 1.80 bits per heavy atom. The molecule has 7 heteroatoms. The average molecular weight is 357 g/mol. The number of carbonyl (C=O) groups is 1. The molecule has 0 aliphatic heterocycles. The van der Waals surface area contributed by atoms with Gasteiger partial charge in [-0.3, -0.25) is 4.40 Å². The van der Waals surface area contributed by atoms with Crippen molar-refractivity contribution in [3.63, 3.8) is 0 Å². The molecule has 0 saturated heterocycles. The molecule has 0 aliphatic carbocycles. The molecule has 0 spiro atoms. The lowest BCUT2D eigenvalue weighted by Gasteiger charge is -2.18. The summed E-state index contributed by atoms with van der Waals surface area (Å²) in [5.41, 5.74) is 2.13. The normalized spacial score (nSPS) is 12.2. The minimum Gasteiger partial charge on any atom is -0.476 e. The van der Waals surface area contributed by atoms with Crippen molar-refractivity contribution in [3.8, 4) is 0 Å². The number of fused-ring (bicyclic) bond motifs is 1. The van der Waals surface area contributed by atoms with Crippen LogP contribution in [0.5, 0.6) is 0 Å². The fraction of sp³-hybridized carbons (Fsp3) is 0.222. The lowest BCUT2D eigenvalue weighted by atomic mass is 9.87. The van der Waals surface area contributed by atoms with Crippen LogP contribution in [0.3, 0.4) is 0 Å². The molecule has 2 heterocycles. The van der Waals surface area contributed by atoms with E-state index in [1.54, 1.807) is 18.3 Å². The number of benzene rings is 1. The van der Waals surface area contributed by atoms with Crippen molar-refractivity contribution in [3.05, 3.63) is 58.9 Å². The zero-order chi connectivity index (χ0) is 18.2. The van der Waals surface area contributed by atoms with E-state index in [0.29, 0.717) is 16.4 Å². The Labute approximate surface area is 149 Å². The summed E-state index contributed by atoms with van der Waals surface area (Å²) in [7, 11) is 0. The van der Waals surface area contributed by atoms with E-state index in [9.17, 15) is 9.90 Å². The number of nitrogens with zero attached hydrogens (tertiary/aromatic N) is 4. The van der Waals surface area contributed by atoms with Gasteiger partial charge in [0.2, 0.25) is 0 Å². The van der Waals surface area contributed by atoms with Crippen molar-refractivity contribution in [1.82, 2.24) is 9.38 Å². The van der Waals surface area contributed by atoms with E-state index in [2.05, 4.69) is 36.0 Å². The quantitative estimate of drug-likeness (QED) is 0.638. The van der Waals surface area contributed by atoms with Crippen LogP contribution in [0.1, 0.15) is 36.8 Å². The van der Waals surface area contributed by atoms with Crippen LogP contribution in [0.25, 0.3) is 5.65 Å². The minimum absolute atomic E-state index is 0.0462. The van der Waals surface area contributed by atoms with Gasteiger partial charge in [0, 0.05) is 6.20 Å². The number of rotatable bonds is 3. The fourth-order valence-corrected chi connectivity index (χ4v) is 2.54. The Bertz CT molecular complexity index is 969. The summed E-state index contributed by atoms with van der Waals surface area (Å²) in [5, 5.41) is 18.1. The fourth-order valence-electron chi connectivity index (χ4n) is 2.38. The van der Waals surface area contributed by atoms with Crippen molar-refractivity contribution in [1.29, 1.82) is 0 Å². The van der Waals surface area contributed by atoms with E-state index >= 15 is 0 Å². The second kappa shape index (κ2) is 6.29. The van der Waals surface area contributed by atoms with Gasteiger partial charge in [-0.15, -0.1) is 10.2 Å². The van der Waals surface area contributed by atoms with Crippen LogP contribution in [0, 0.1) is 0 Å². The molecule has 3 aromatic rings. The van der Waals surface area contributed by atoms with E-state index in [1.807, 2.05) is 24.3 Å². The molecule has 1 aromatic carbocycles. The van der Waals surface area contributed by atoms with Crippen LogP contribution in [0.15, 0.2) is 52.8 Å². The number of aromatic carboxylic acids is 1. The van der Waals surface area contributed by atoms with Crippen molar-refractivity contribution >= 4 is 34.7 Å². The Balaban J connectivity index is 2.02. The summed E-state index contributed by atoms with van der Waals surface area (Å²) in [6.45, 7) is 6.39. The third-order valence-electron chi connectivity index (χ3n) is 3.75. The highest BCUT2D eigenvalue weighted by atomic mass is 35.5. The smallest absolute Gasteiger partial charge is 0.358 e. The summed E-state index contributed by atoms with van der Waals surface area (Å²) in [5.74, 6) is -1.04. The molecule has 6 nitrogen and oxygen atoms in total. The number of hydrogen-bond donors (Lipinski definition) is 1. The van der Waals surface area contributed by atoms with Crippen LogP contribution in [0.4, 0.5) is 11.5 Å². The lowest BCUT2D eigenvalue weighted by molar-refractivity contribution is 0.0692. The van der Waals surface area contributed by atoms with E-state index in [4.69, 9.17) is 11.6 Å². The Hall–Kier alpha value is -2.73. The maximum Gasteiger partial charge on any atom is 0.358 e. The molecule has 0 aliphatic rings. The number of azo groups is 1. The maximum absolute atomic E-state index is 11.4. The molecule has 2 aromatic heterocycles. The largest absolute Gasteiger partial charge is 0.476 e. The van der Waals surface area contributed by atoms with Gasteiger partial charge in [0.1, 0.15) is 5.65 Å². The van der Waals surface area contributed by atoms with Crippen molar-refractivity contribution in [2.45, 2.75) is 26.2 Å². The number of carboxylic acids is 1. The molecule has 0 amide bonds. The Morgan fingerprint density at radius 1 is 1.12 bits per heavy atom. The average Bonchev–Trinajstić information content (AvgIpc) is 2.90. The zero-order valence-electron chi connectivity index (χ0n) is 14.1. The molecular weight excluding hydrogens is 340 g/mol. The highest BCUT2D eigenvalue weighted by Crippen LogP contribution is 2.28. The zero-order valence-corrected chi connectivity index (χ0v) is 14.8. The van der Waals surface area contributed by atoms with Gasteiger partial charge in [-0.05, 0) is 35.2 Å². The number of halogens is 1. The van der Waals surface area contributed by atoms with Crippen LogP contribution >= 0.6 is 11.6 Å². The molecule has 25 heavy (non-hydrogen) atoms. The van der Waals surface area contributed by atoms with Gasteiger partial charge in [0.25, 0.3) is 0 Å². The molecule has 1 N–H and O–H groups in total. The second-order valence-electron chi connectivity index (χ2n) is 6.66. The summed E-state index contributed by atoms with van der Waals surface area (Å²) in [4.78, 5) is 15.5. The number of imidazole rings is 1. The molecule has 0 saturated carbocycles. The first-order valence-corrected chi connectivity index (χ1v) is 8.07. The highest BCUT2D eigenvalue weighted by Gasteiger charge is 2.18. The number of aromatic nitrogens is 2. The molecule has 0 unspecified atom stereocenters. The first-order valence-electron chi connectivity index (χ1n) is 7.69. The van der Waals surface area contributed by atoms with Crippen LogP contribution < -0.4 is 0 Å². The summed E-state index contributed by atoms with van der Waals surface area (Å²) in [6.07, 6.45) is 1.56. The predicted molar refractivity (Wildman–Crippen MR) is 96.5 cm³/mol. The van der Waals surface area contributed by atoms with Crippen molar-refractivity contribution < 1.29 is 9.90 Å². The molecule has 0 radical (unpaired) electrons. The minimum atomic E-state index is -1.17. The lowest BCUT2D eigenvalue weighted by Crippen LogP contribution is -2.10. The van der Waals surface area contributed by atoms with Crippen molar-refractivity contribution in [2.75, 3.05) is 0 Å². The molecule has 0 fully saturated rings. The standard InChI is InChI=1S/C18H17ClN4O2/c1-18(2,3)11-4-7-13(8-5-11)21-22-16-15(17(24)25)20-14-9-6-12(19)10-23(14)16/h4-10H,1-3H3,(H,24,25). The molecule has 0 bridgehead atoms. The monoisotopic (exact) mass is 356 g/mol. The summed E-state index contributed by atoms with van der Waals surface area (Å²) >= 11 is 5.99. The van der Waals surface area contributed by atoms with E-state index in [-0.39, 0.29) is 16.9 Å². The number of pyridine rings is 1. The van der Waals surface area contributed by atoms with E-state index in [0.717, 1.165) is 0 Å². The second-order valence-corrected chi connectivity index (χ2v) is 7.10. The van der Waals surface area contributed by atoms with Gasteiger partial charge in [-0.2, -0.15) is 0 Å². The Kier molecular flexibility index (Phi) is 4.30. The topological polar surface area (TPSA) is 79.3 Å². The SMILES string of the molecule is CC(C)(C)c1ccc(N=Nc2c(C(=O)O)nc3ccc(Cl)cn23)cc1. The van der Waals surface area contributed by atoms with Gasteiger partial charge in [0.15, 0.2) is 11.5 Å². The molecule has 0 atom stereocenters. The van der Waals surface area contributed by atoms with E-state index < -0.39 is 5.97 Å². The third kappa shape index (κ3) is 3.53. The van der Waals surface area contributed by atoms with Gasteiger partial charge < -0.3 is 5.11 Å². The third-order valence-corrected chi connectivity index (χ3v) is 3.98. The van der Waals surface area contributed by atoms with Crippen LogP contribution in [-0.2, 0) is 5.41 Å². The Morgan fingerprint density at radius 3 is 2.40 bits per heavy atom. The van der Waals surface area contributed by atoms with Gasteiger partial charge in [0.05, 0.1) is 10.7 Å². The molecular formula is C18H17ClN4O2. The number of carboxylic acid groups (broad SMARTS) is 1. The molecule has 3 rings (SSSR count). The highest BCUT2D eigenvalue weighted by molar-refractivity contribution is 6.30. The predicted octanol–water partition coefficient (Wildman–Crippen LogP) is 5.40. The van der Waals surface area contributed by atoms with Gasteiger partial charge in [-0.25, -0.2) is 9.78 Å². The number of hydrogen-bond acceptors (Lipinski definition) is 4. The van der Waals surface area contributed by atoms with Crippen molar-refractivity contribution in [2.24, 2.45) is 10.2 Å².